The molecular weight excluding hydrogens is 448 g/mol. The molecule has 1 fully saturated rings. The van der Waals surface area contributed by atoms with E-state index >= 15 is 0 Å². The molecule has 1 saturated heterocycles. The Bertz CT molecular complexity index is 1220. The van der Waals surface area contributed by atoms with Gasteiger partial charge in [0.1, 0.15) is 21.6 Å². The molecule has 0 aliphatic carbocycles. The van der Waals surface area contributed by atoms with Gasteiger partial charge in [-0.2, -0.15) is 0 Å². The molecule has 2 aromatic carbocycles. The van der Waals surface area contributed by atoms with Crippen LogP contribution in [0.4, 0.5) is 5.69 Å². The lowest BCUT2D eigenvalue weighted by atomic mass is 10.1. The van der Waals surface area contributed by atoms with Crippen LogP contribution in [0.3, 0.4) is 0 Å². The van der Waals surface area contributed by atoms with E-state index in [1.54, 1.807) is 42.2 Å². The lowest BCUT2D eigenvalue weighted by Crippen LogP contribution is -2.27. The average molecular weight is 467 g/mol. The molecule has 2 heterocycles. The summed E-state index contributed by atoms with van der Waals surface area (Å²) in [6.45, 7) is 2.61. The fourth-order valence-corrected chi connectivity index (χ4v) is 4.47. The van der Waals surface area contributed by atoms with E-state index < -0.39 is 4.92 Å². The number of nitrogens with zero attached hydrogens (tertiary/aromatic N) is 2. The first kappa shape index (κ1) is 21.8. The second-order valence-electron chi connectivity index (χ2n) is 6.82. The van der Waals surface area contributed by atoms with Crippen molar-refractivity contribution in [3.05, 3.63) is 87.0 Å². The summed E-state index contributed by atoms with van der Waals surface area (Å²) in [7, 11) is 0. The van der Waals surface area contributed by atoms with Gasteiger partial charge in [0.15, 0.2) is 0 Å². The van der Waals surface area contributed by atoms with E-state index in [9.17, 15) is 14.9 Å². The molecule has 0 atom stereocenters. The number of furan rings is 1. The van der Waals surface area contributed by atoms with Gasteiger partial charge < -0.3 is 9.15 Å². The first-order chi connectivity index (χ1) is 15.5. The van der Waals surface area contributed by atoms with Gasteiger partial charge >= 0.3 is 0 Å². The molecule has 1 aliphatic heterocycles. The number of carbonyl (C=O) groups is 1. The highest BCUT2D eigenvalue weighted by Crippen LogP contribution is 2.37. The number of hydrogen-bond acceptors (Lipinski definition) is 7. The predicted molar refractivity (Wildman–Crippen MR) is 127 cm³/mol. The molecule has 1 amide bonds. The maximum absolute atomic E-state index is 12.8. The van der Waals surface area contributed by atoms with Gasteiger partial charge in [-0.25, -0.2) is 0 Å². The topological polar surface area (TPSA) is 85.8 Å². The van der Waals surface area contributed by atoms with E-state index in [-0.39, 0.29) is 11.6 Å². The van der Waals surface area contributed by atoms with Crippen molar-refractivity contribution in [2.75, 3.05) is 6.61 Å². The summed E-state index contributed by atoms with van der Waals surface area (Å²) in [5.74, 6) is 0.944. The predicted octanol–water partition coefficient (Wildman–Crippen LogP) is 5.65. The van der Waals surface area contributed by atoms with Crippen LogP contribution in [0.1, 0.15) is 18.2 Å². The van der Waals surface area contributed by atoms with Crippen molar-refractivity contribution in [2.24, 2.45) is 0 Å². The van der Waals surface area contributed by atoms with Crippen LogP contribution < -0.4 is 4.74 Å². The highest BCUT2D eigenvalue weighted by atomic mass is 32.2. The van der Waals surface area contributed by atoms with Crippen LogP contribution in [0, 0.1) is 10.1 Å². The van der Waals surface area contributed by atoms with Crippen LogP contribution >= 0.6 is 24.0 Å². The molecule has 0 bridgehead atoms. The van der Waals surface area contributed by atoms with Gasteiger partial charge in [0, 0.05) is 6.08 Å². The lowest BCUT2D eigenvalue weighted by molar-refractivity contribution is -0.384. The summed E-state index contributed by atoms with van der Waals surface area (Å²) in [6.07, 6.45) is 1.61. The zero-order chi connectivity index (χ0) is 22.7. The van der Waals surface area contributed by atoms with Gasteiger partial charge in [-0.15, -0.1) is 0 Å². The first-order valence-corrected chi connectivity index (χ1v) is 11.0. The molecule has 32 heavy (non-hydrogen) atoms. The highest BCUT2D eigenvalue weighted by Gasteiger charge is 2.32. The van der Waals surface area contributed by atoms with Crippen molar-refractivity contribution in [1.29, 1.82) is 0 Å². The van der Waals surface area contributed by atoms with E-state index in [1.807, 2.05) is 30.3 Å². The summed E-state index contributed by atoms with van der Waals surface area (Å²) in [6, 6.07) is 17.5. The maximum atomic E-state index is 12.8. The van der Waals surface area contributed by atoms with Gasteiger partial charge in [-0.1, -0.05) is 54.3 Å². The van der Waals surface area contributed by atoms with Crippen molar-refractivity contribution in [3.8, 4) is 17.1 Å². The Balaban J connectivity index is 1.57. The summed E-state index contributed by atoms with van der Waals surface area (Å²) in [4.78, 5) is 25.9. The summed E-state index contributed by atoms with van der Waals surface area (Å²) in [5.41, 5.74) is 1.19. The highest BCUT2D eigenvalue weighted by molar-refractivity contribution is 8.26. The third-order valence-corrected chi connectivity index (χ3v) is 6.08. The van der Waals surface area contributed by atoms with Gasteiger partial charge in [-0.3, -0.25) is 19.8 Å². The number of ether oxygens (including phenoxy) is 1. The number of thiocarbonyl (C=S) groups is 1. The third-order valence-electron chi connectivity index (χ3n) is 4.70. The number of nitro benzene ring substituents is 1. The Morgan fingerprint density at radius 1 is 1.19 bits per heavy atom. The number of amides is 1. The van der Waals surface area contributed by atoms with Gasteiger partial charge in [-0.05, 0) is 36.8 Å². The molecule has 1 aromatic heterocycles. The Kier molecular flexibility index (Phi) is 6.38. The molecule has 0 N–H and O–H groups in total. The standard InChI is InChI=1S/C23H18N2O5S2/c1-2-29-16-8-10-18(19(12-16)25(27)28)20-11-9-17(30-20)13-21-22(26)24(23(31)32-21)14-15-6-4-3-5-7-15/h3-13H,2,14H2,1H3. The fourth-order valence-electron chi connectivity index (χ4n) is 3.23. The summed E-state index contributed by atoms with van der Waals surface area (Å²) >= 11 is 6.58. The fraction of sp³-hybridized carbons (Fsp3) is 0.130. The van der Waals surface area contributed by atoms with Crippen LogP contribution in [0.25, 0.3) is 17.4 Å². The van der Waals surface area contributed by atoms with E-state index in [0.717, 1.165) is 5.56 Å². The number of nitro groups is 1. The van der Waals surface area contributed by atoms with E-state index in [2.05, 4.69) is 0 Å². The molecule has 1 aliphatic rings. The Morgan fingerprint density at radius 2 is 1.97 bits per heavy atom. The van der Waals surface area contributed by atoms with Crippen LogP contribution in [0.15, 0.2) is 70.0 Å². The molecule has 162 valence electrons. The molecule has 0 unspecified atom stereocenters. The zero-order valence-corrected chi connectivity index (χ0v) is 18.7. The molecule has 7 nitrogen and oxygen atoms in total. The Morgan fingerprint density at radius 3 is 2.69 bits per heavy atom. The van der Waals surface area contributed by atoms with Crippen LogP contribution in [0.5, 0.6) is 5.75 Å². The number of carbonyl (C=O) groups excluding carboxylic acids is 1. The van der Waals surface area contributed by atoms with Crippen LogP contribution in [0.2, 0.25) is 0 Å². The lowest BCUT2D eigenvalue weighted by Gasteiger charge is -2.14. The SMILES string of the molecule is CCOc1ccc(-c2ccc(C=C3SC(=S)N(Cc4ccccc4)C3=O)o2)c([N+](=O)[O-])c1. The van der Waals surface area contributed by atoms with Crippen LogP contribution in [-0.4, -0.2) is 26.7 Å². The molecule has 0 saturated carbocycles. The molecule has 4 rings (SSSR count). The van der Waals surface area contributed by atoms with E-state index in [1.165, 1.54) is 17.8 Å². The van der Waals surface area contributed by atoms with Crippen molar-refractivity contribution in [1.82, 2.24) is 4.90 Å². The second-order valence-corrected chi connectivity index (χ2v) is 8.50. The average Bonchev–Trinajstić information content (AvgIpc) is 3.35. The maximum Gasteiger partial charge on any atom is 0.284 e. The minimum Gasteiger partial charge on any atom is -0.494 e. The number of hydrogen-bond donors (Lipinski definition) is 0. The number of rotatable bonds is 7. The van der Waals surface area contributed by atoms with E-state index in [0.29, 0.717) is 45.2 Å². The van der Waals surface area contributed by atoms with Crippen molar-refractivity contribution < 1.29 is 18.9 Å². The van der Waals surface area contributed by atoms with Crippen molar-refractivity contribution >= 4 is 46.0 Å². The number of thioether (sulfide) groups is 1. The quantitative estimate of drug-likeness (QED) is 0.192. The van der Waals surface area contributed by atoms with Crippen molar-refractivity contribution in [3.63, 3.8) is 0 Å². The molecule has 9 heteroatoms. The molecular formula is C23H18N2O5S2. The molecule has 0 spiro atoms. The third kappa shape index (κ3) is 4.58. The Labute approximate surface area is 193 Å². The summed E-state index contributed by atoms with van der Waals surface area (Å²) in [5, 5.41) is 11.5. The second kappa shape index (κ2) is 9.37. The smallest absolute Gasteiger partial charge is 0.284 e. The van der Waals surface area contributed by atoms with Crippen LogP contribution in [-0.2, 0) is 11.3 Å². The Hall–Kier alpha value is -3.43. The first-order valence-electron chi connectivity index (χ1n) is 9.77. The number of benzene rings is 2. The normalized spacial score (nSPS) is 14.9. The molecule has 3 aromatic rings. The minimum absolute atomic E-state index is 0.119. The monoisotopic (exact) mass is 466 g/mol. The minimum atomic E-state index is -0.477. The molecule has 0 radical (unpaired) electrons. The van der Waals surface area contributed by atoms with Gasteiger partial charge in [0.25, 0.3) is 11.6 Å². The largest absolute Gasteiger partial charge is 0.494 e. The summed E-state index contributed by atoms with van der Waals surface area (Å²) < 4.78 is 11.6. The van der Waals surface area contributed by atoms with E-state index in [4.69, 9.17) is 21.4 Å². The van der Waals surface area contributed by atoms with Gasteiger partial charge in [0.2, 0.25) is 0 Å². The zero-order valence-electron chi connectivity index (χ0n) is 17.0. The van der Waals surface area contributed by atoms with Crippen molar-refractivity contribution in [2.45, 2.75) is 13.5 Å². The van der Waals surface area contributed by atoms with Gasteiger partial charge in [0.05, 0.1) is 34.6 Å².